The molecular weight excluding hydrogens is 266 g/mol. The highest BCUT2D eigenvalue weighted by Crippen LogP contribution is 2.31. The van der Waals surface area contributed by atoms with Crippen LogP contribution in [0.15, 0.2) is 23.1 Å². The molecule has 1 N–H and O–H groups in total. The Morgan fingerprint density at radius 2 is 1.80 bits per heavy atom. The Morgan fingerprint density at radius 1 is 1.20 bits per heavy atom. The lowest BCUT2D eigenvalue weighted by Gasteiger charge is -2.21. The third-order valence-electron chi connectivity index (χ3n) is 3.16. The van der Waals surface area contributed by atoms with Crippen molar-refractivity contribution >= 4 is 17.7 Å². The summed E-state index contributed by atoms with van der Waals surface area (Å²) in [5, 5.41) is 2.89. The second-order valence-corrected chi connectivity index (χ2v) is 8.04. The van der Waals surface area contributed by atoms with Gasteiger partial charge in [-0.2, -0.15) is 0 Å². The lowest BCUT2D eigenvalue weighted by molar-refractivity contribution is -0.120. The number of hydrogen-bond donors (Lipinski definition) is 1. The van der Waals surface area contributed by atoms with Crippen LogP contribution in [0, 0.1) is 6.92 Å². The van der Waals surface area contributed by atoms with E-state index in [0.717, 1.165) is 0 Å². The minimum absolute atomic E-state index is 0.0775. The van der Waals surface area contributed by atoms with E-state index in [1.807, 2.05) is 20.8 Å². The van der Waals surface area contributed by atoms with Gasteiger partial charge in [-0.05, 0) is 50.3 Å². The highest BCUT2D eigenvalue weighted by Gasteiger charge is 2.19. The number of nitrogens with one attached hydrogen (secondary N) is 1. The average Bonchev–Trinajstić information content (AvgIpc) is 2.29. The van der Waals surface area contributed by atoms with Crippen LogP contribution in [0.25, 0.3) is 0 Å². The van der Waals surface area contributed by atoms with Crippen molar-refractivity contribution in [2.24, 2.45) is 0 Å². The van der Waals surface area contributed by atoms with Crippen molar-refractivity contribution in [3.63, 3.8) is 0 Å². The molecule has 112 valence electrons. The monoisotopic (exact) mass is 293 g/mol. The van der Waals surface area contributed by atoms with Gasteiger partial charge in [0, 0.05) is 10.9 Å². The number of rotatable bonds is 4. The van der Waals surface area contributed by atoms with Crippen molar-refractivity contribution in [2.45, 2.75) is 70.1 Å². The van der Waals surface area contributed by atoms with E-state index in [-0.39, 0.29) is 22.6 Å². The first-order chi connectivity index (χ1) is 9.11. The molecule has 1 rings (SSSR count). The molecule has 1 aromatic rings. The molecule has 20 heavy (non-hydrogen) atoms. The van der Waals surface area contributed by atoms with Crippen LogP contribution < -0.4 is 5.32 Å². The van der Waals surface area contributed by atoms with E-state index >= 15 is 0 Å². The molecule has 0 radical (unpaired) electrons. The summed E-state index contributed by atoms with van der Waals surface area (Å²) >= 11 is 1.64. The summed E-state index contributed by atoms with van der Waals surface area (Å²) in [6, 6.07) is 6.74. The molecule has 3 heteroatoms. The Balaban J connectivity index is 2.89. The first-order valence-corrected chi connectivity index (χ1v) is 8.07. The number of amides is 1. The number of carbonyl (C=O) groups is 1. The molecule has 0 aliphatic rings. The molecule has 0 fully saturated rings. The van der Waals surface area contributed by atoms with Gasteiger partial charge in [0.15, 0.2) is 0 Å². The maximum Gasteiger partial charge on any atom is 0.233 e. The van der Waals surface area contributed by atoms with E-state index < -0.39 is 0 Å². The van der Waals surface area contributed by atoms with Gasteiger partial charge < -0.3 is 5.32 Å². The lowest BCUT2D eigenvalue weighted by atomic mass is 9.87. The molecular formula is C17H27NOS. The summed E-state index contributed by atoms with van der Waals surface area (Å²) in [6.45, 7) is 14.7. The molecule has 0 aliphatic heterocycles. The Morgan fingerprint density at radius 3 is 2.30 bits per heavy atom. The van der Waals surface area contributed by atoms with Gasteiger partial charge >= 0.3 is 0 Å². The first kappa shape index (κ1) is 17.1. The fraction of sp³-hybridized carbons (Fsp3) is 0.588. The number of benzene rings is 1. The molecule has 0 saturated heterocycles. The molecule has 0 bridgehead atoms. The zero-order valence-electron chi connectivity index (χ0n) is 13.7. The smallest absolute Gasteiger partial charge is 0.233 e. The topological polar surface area (TPSA) is 29.1 Å². The number of carbonyl (C=O) groups excluding carboxylic acids is 1. The number of hydrogen-bond acceptors (Lipinski definition) is 2. The summed E-state index contributed by atoms with van der Waals surface area (Å²) in [7, 11) is 0. The van der Waals surface area contributed by atoms with E-state index in [1.165, 1.54) is 16.0 Å². The third-order valence-corrected chi connectivity index (χ3v) is 4.42. The lowest BCUT2D eigenvalue weighted by Crippen LogP contribution is -2.35. The summed E-state index contributed by atoms with van der Waals surface area (Å²) in [5.41, 5.74) is 2.67. The van der Waals surface area contributed by atoms with Crippen molar-refractivity contribution in [2.75, 3.05) is 0 Å². The van der Waals surface area contributed by atoms with Gasteiger partial charge in [0.2, 0.25) is 5.91 Å². The maximum atomic E-state index is 12.0. The second-order valence-electron chi connectivity index (χ2n) is 6.65. The van der Waals surface area contributed by atoms with E-state index in [1.54, 1.807) is 11.8 Å². The number of thioether (sulfide) groups is 1. The standard InChI is InChI=1S/C17H27NOS/c1-11(2)18-16(19)13(4)20-15-10-14(17(5,6)7)9-8-12(15)3/h8-11,13H,1-7H3,(H,18,19). The molecule has 1 unspecified atom stereocenters. The predicted molar refractivity (Wildman–Crippen MR) is 88.5 cm³/mol. The van der Waals surface area contributed by atoms with Gasteiger partial charge in [0.05, 0.1) is 5.25 Å². The van der Waals surface area contributed by atoms with Crippen LogP contribution in [0.4, 0.5) is 0 Å². The van der Waals surface area contributed by atoms with Crippen molar-refractivity contribution in [3.8, 4) is 0 Å². The Bertz CT molecular complexity index is 474. The molecule has 1 aromatic carbocycles. The zero-order chi connectivity index (χ0) is 15.5. The highest BCUT2D eigenvalue weighted by molar-refractivity contribution is 8.00. The molecule has 0 aliphatic carbocycles. The highest BCUT2D eigenvalue weighted by atomic mass is 32.2. The van der Waals surface area contributed by atoms with Gasteiger partial charge in [-0.25, -0.2) is 0 Å². The molecule has 2 nitrogen and oxygen atoms in total. The van der Waals surface area contributed by atoms with Crippen LogP contribution in [0.1, 0.15) is 52.7 Å². The van der Waals surface area contributed by atoms with E-state index in [4.69, 9.17) is 0 Å². The minimum atomic E-state index is -0.0775. The summed E-state index contributed by atoms with van der Waals surface area (Å²) in [6.07, 6.45) is 0. The quantitative estimate of drug-likeness (QED) is 0.839. The fourth-order valence-electron chi connectivity index (χ4n) is 1.84. The Labute approximate surface area is 127 Å². The van der Waals surface area contributed by atoms with Crippen LogP contribution in [0.5, 0.6) is 0 Å². The van der Waals surface area contributed by atoms with Gasteiger partial charge in [0.25, 0.3) is 0 Å². The Kier molecular flexibility index (Phi) is 5.69. The van der Waals surface area contributed by atoms with Crippen LogP contribution in [-0.4, -0.2) is 17.2 Å². The van der Waals surface area contributed by atoms with Crippen LogP contribution >= 0.6 is 11.8 Å². The summed E-state index contributed by atoms with van der Waals surface area (Å²) in [4.78, 5) is 13.2. The summed E-state index contributed by atoms with van der Waals surface area (Å²) in [5.74, 6) is 0.102. The van der Waals surface area contributed by atoms with Crippen molar-refractivity contribution in [1.82, 2.24) is 5.32 Å². The molecule has 0 saturated carbocycles. The van der Waals surface area contributed by atoms with E-state index in [9.17, 15) is 4.79 Å². The SMILES string of the molecule is Cc1ccc(C(C)(C)C)cc1SC(C)C(=O)NC(C)C. The van der Waals surface area contributed by atoms with Crippen LogP contribution in [0.2, 0.25) is 0 Å². The predicted octanol–water partition coefficient (Wildman–Crippen LogP) is 4.30. The largest absolute Gasteiger partial charge is 0.353 e. The molecule has 1 atom stereocenters. The average molecular weight is 293 g/mol. The molecule has 0 aromatic heterocycles. The number of aryl methyl sites for hydroxylation is 1. The van der Waals surface area contributed by atoms with Crippen LogP contribution in [0.3, 0.4) is 0 Å². The molecule has 0 heterocycles. The minimum Gasteiger partial charge on any atom is -0.353 e. The van der Waals surface area contributed by atoms with Crippen LogP contribution in [-0.2, 0) is 10.2 Å². The fourth-order valence-corrected chi connectivity index (χ4v) is 2.84. The van der Waals surface area contributed by atoms with Gasteiger partial charge in [0.1, 0.15) is 0 Å². The molecule has 1 amide bonds. The zero-order valence-corrected chi connectivity index (χ0v) is 14.5. The van der Waals surface area contributed by atoms with Crippen molar-refractivity contribution in [1.29, 1.82) is 0 Å². The van der Waals surface area contributed by atoms with E-state index in [0.29, 0.717) is 0 Å². The van der Waals surface area contributed by atoms with Crippen molar-refractivity contribution in [3.05, 3.63) is 29.3 Å². The third kappa shape index (κ3) is 4.86. The first-order valence-electron chi connectivity index (χ1n) is 7.19. The summed E-state index contributed by atoms with van der Waals surface area (Å²) < 4.78 is 0. The van der Waals surface area contributed by atoms with Gasteiger partial charge in [-0.1, -0.05) is 32.9 Å². The maximum absolute atomic E-state index is 12.0. The normalized spacial score (nSPS) is 13.4. The van der Waals surface area contributed by atoms with Crippen molar-refractivity contribution < 1.29 is 4.79 Å². The van der Waals surface area contributed by atoms with E-state index in [2.05, 4.69) is 51.2 Å². The second kappa shape index (κ2) is 6.66. The Hall–Kier alpha value is -0.960. The van der Waals surface area contributed by atoms with Gasteiger partial charge in [-0.15, -0.1) is 11.8 Å². The molecule has 0 spiro atoms. The van der Waals surface area contributed by atoms with Gasteiger partial charge in [-0.3, -0.25) is 4.79 Å².